The lowest BCUT2D eigenvalue weighted by molar-refractivity contribution is 0.457. The van der Waals surface area contributed by atoms with Gasteiger partial charge >= 0.3 is 0 Å². The first kappa shape index (κ1) is 29.2. The molecule has 0 heterocycles. The molecule has 0 saturated carbocycles. The van der Waals surface area contributed by atoms with Crippen LogP contribution in [0.3, 0.4) is 0 Å². The Bertz CT molecular complexity index is 1020. The summed E-state index contributed by atoms with van der Waals surface area (Å²) in [6.45, 7) is 12.3. The third-order valence-corrected chi connectivity index (χ3v) is 8.62. The Balaban J connectivity index is 3.00. The number of benzene rings is 2. The van der Waals surface area contributed by atoms with E-state index in [-0.39, 0.29) is 11.5 Å². The number of phenolic OH excluding ortho intramolecular Hbond substituents is 2. The summed E-state index contributed by atoms with van der Waals surface area (Å²) in [6, 6.07) is 3.47. The highest BCUT2D eigenvalue weighted by Crippen LogP contribution is 2.41. The van der Waals surface area contributed by atoms with Gasteiger partial charge in [-0.15, -0.1) is 0 Å². The number of sulfone groups is 1. The molecule has 4 nitrogen and oxygen atoms in total. The molecule has 2 aromatic rings. The molecule has 0 aliphatic rings. The third-order valence-electron chi connectivity index (χ3n) is 6.73. The van der Waals surface area contributed by atoms with Crippen molar-refractivity contribution in [1.82, 2.24) is 0 Å². The van der Waals surface area contributed by atoms with Gasteiger partial charge in [-0.3, -0.25) is 0 Å². The summed E-state index contributed by atoms with van der Waals surface area (Å²) >= 11 is 0. The van der Waals surface area contributed by atoms with E-state index in [1.807, 2.05) is 27.7 Å². The lowest BCUT2D eigenvalue weighted by Crippen LogP contribution is -2.14. The highest BCUT2D eigenvalue weighted by molar-refractivity contribution is 7.91. The van der Waals surface area contributed by atoms with Crippen molar-refractivity contribution in [1.29, 1.82) is 0 Å². The fourth-order valence-electron chi connectivity index (χ4n) is 5.20. The van der Waals surface area contributed by atoms with Crippen LogP contribution in [0.15, 0.2) is 21.9 Å². The van der Waals surface area contributed by atoms with Crippen LogP contribution in [0.4, 0.5) is 0 Å². The van der Waals surface area contributed by atoms with Crippen molar-refractivity contribution in [3.05, 3.63) is 45.5 Å². The highest BCUT2D eigenvalue weighted by atomic mass is 32.2. The Hall–Kier alpha value is -2.01. The van der Waals surface area contributed by atoms with Gasteiger partial charge < -0.3 is 10.2 Å². The molecule has 0 spiro atoms. The zero-order chi connectivity index (χ0) is 26.2. The molecule has 0 bridgehead atoms. The van der Waals surface area contributed by atoms with E-state index >= 15 is 0 Å². The monoisotopic (exact) mass is 502 g/mol. The summed E-state index contributed by atoms with van der Waals surface area (Å²) in [6.07, 6.45) is 8.71. The van der Waals surface area contributed by atoms with Crippen LogP contribution in [0.5, 0.6) is 11.5 Å². The summed E-state index contributed by atoms with van der Waals surface area (Å²) in [5, 5.41) is 22.2. The number of hydrogen-bond acceptors (Lipinski definition) is 4. The van der Waals surface area contributed by atoms with Crippen LogP contribution >= 0.6 is 0 Å². The zero-order valence-corrected chi connectivity index (χ0v) is 23.6. The predicted molar refractivity (Wildman–Crippen MR) is 146 cm³/mol. The number of rotatable bonds is 14. The summed E-state index contributed by atoms with van der Waals surface area (Å²) in [5.41, 5.74) is 4.53. The molecule has 0 saturated heterocycles. The zero-order valence-electron chi connectivity index (χ0n) is 22.8. The molecule has 0 fully saturated rings. The fraction of sp³-hybridized carbons (Fsp3) is 0.600. The molecule has 196 valence electrons. The van der Waals surface area contributed by atoms with Crippen molar-refractivity contribution in [3.8, 4) is 11.5 Å². The van der Waals surface area contributed by atoms with E-state index in [4.69, 9.17) is 0 Å². The topological polar surface area (TPSA) is 74.6 Å². The van der Waals surface area contributed by atoms with Crippen molar-refractivity contribution in [2.24, 2.45) is 0 Å². The van der Waals surface area contributed by atoms with E-state index in [1.165, 1.54) is 0 Å². The van der Waals surface area contributed by atoms with E-state index in [9.17, 15) is 18.6 Å². The van der Waals surface area contributed by atoms with E-state index in [2.05, 4.69) is 13.8 Å². The van der Waals surface area contributed by atoms with Gasteiger partial charge in [-0.05, 0) is 84.0 Å². The molecular weight excluding hydrogens is 456 g/mol. The molecule has 2 N–H and O–H groups in total. The molecule has 0 radical (unpaired) electrons. The van der Waals surface area contributed by atoms with E-state index in [0.717, 1.165) is 60.8 Å². The van der Waals surface area contributed by atoms with Crippen LogP contribution in [-0.4, -0.2) is 18.6 Å². The van der Waals surface area contributed by atoms with Crippen LogP contribution in [0.1, 0.15) is 113 Å². The molecule has 5 heteroatoms. The van der Waals surface area contributed by atoms with E-state index in [1.54, 1.807) is 12.1 Å². The minimum atomic E-state index is -3.86. The van der Waals surface area contributed by atoms with Gasteiger partial charge in [0, 0.05) is 0 Å². The average molecular weight is 503 g/mol. The largest absolute Gasteiger partial charge is 0.507 e. The van der Waals surface area contributed by atoms with Crippen molar-refractivity contribution in [2.75, 3.05) is 0 Å². The Kier molecular flexibility index (Phi) is 11.1. The third kappa shape index (κ3) is 6.22. The van der Waals surface area contributed by atoms with Gasteiger partial charge in [0.25, 0.3) is 0 Å². The molecule has 2 aromatic carbocycles. The molecule has 0 atom stereocenters. The normalized spacial score (nSPS) is 11.8. The number of hydrogen-bond donors (Lipinski definition) is 2. The Morgan fingerprint density at radius 2 is 0.800 bits per heavy atom. The highest BCUT2D eigenvalue weighted by Gasteiger charge is 2.30. The standard InChI is InChI=1S/C30H46O4S/c1-7-13-21-19-27(23(15-9-3)25(17-11-5)29(21)31)35(33,34)28-20-22(14-8-2)30(32)26(18-12-6)24(28)16-10-4/h19-20,31-32H,7-18H2,1-6H3. The average Bonchev–Trinajstić information content (AvgIpc) is 2.82. The minimum absolute atomic E-state index is 0.272. The Labute approximate surface area is 213 Å². The molecule has 2 rings (SSSR count). The molecule has 0 amide bonds. The van der Waals surface area contributed by atoms with Crippen LogP contribution in [0, 0.1) is 0 Å². The minimum Gasteiger partial charge on any atom is -0.507 e. The SMILES string of the molecule is CCCc1cc(S(=O)(=O)c2cc(CCC)c(O)c(CCC)c2CCC)c(CCC)c(CCC)c1O. The molecule has 0 aromatic heterocycles. The van der Waals surface area contributed by atoms with E-state index in [0.29, 0.717) is 59.4 Å². The summed E-state index contributed by atoms with van der Waals surface area (Å²) in [5.74, 6) is 0.544. The second kappa shape index (κ2) is 13.3. The van der Waals surface area contributed by atoms with Crippen molar-refractivity contribution in [3.63, 3.8) is 0 Å². The number of phenols is 2. The lowest BCUT2D eigenvalue weighted by Gasteiger charge is -2.23. The lowest BCUT2D eigenvalue weighted by atomic mass is 9.94. The summed E-state index contributed by atoms with van der Waals surface area (Å²) in [4.78, 5) is 0.689. The summed E-state index contributed by atoms with van der Waals surface area (Å²) < 4.78 is 29.0. The predicted octanol–water partition coefficient (Wildman–Crippen LogP) is 7.65. The van der Waals surface area contributed by atoms with Gasteiger partial charge in [-0.25, -0.2) is 8.42 Å². The molecule has 0 aliphatic heterocycles. The van der Waals surface area contributed by atoms with Crippen LogP contribution < -0.4 is 0 Å². The first-order valence-electron chi connectivity index (χ1n) is 13.7. The van der Waals surface area contributed by atoms with Gasteiger partial charge in [0.1, 0.15) is 11.5 Å². The molecule has 0 aliphatic carbocycles. The van der Waals surface area contributed by atoms with Crippen molar-refractivity contribution >= 4 is 9.84 Å². The second-order valence-corrected chi connectivity index (χ2v) is 11.6. The van der Waals surface area contributed by atoms with Crippen LogP contribution in [0.2, 0.25) is 0 Å². The van der Waals surface area contributed by atoms with Crippen LogP contribution in [0.25, 0.3) is 0 Å². The van der Waals surface area contributed by atoms with Crippen LogP contribution in [-0.2, 0) is 48.4 Å². The first-order valence-corrected chi connectivity index (χ1v) is 15.2. The molecule has 0 unspecified atom stereocenters. The Morgan fingerprint density at radius 3 is 1.09 bits per heavy atom. The van der Waals surface area contributed by atoms with Gasteiger partial charge in [0.2, 0.25) is 9.84 Å². The van der Waals surface area contributed by atoms with Gasteiger partial charge in [-0.2, -0.15) is 0 Å². The first-order chi connectivity index (χ1) is 16.7. The fourth-order valence-corrected chi connectivity index (χ4v) is 7.13. The maximum Gasteiger partial charge on any atom is 0.207 e. The van der Waals surface area contributed by atoms with Gasteiger partial charge in [0.15, 0.2) is 0 Å². The quantitative estimate of drug-likeness (QED) is 0.278. The maximum absolute atomic E-state index is 14.5. The van der Waals surface area contributed by atoms with E-state index < -0.39 is 9.84 Å². The number of aromatic hydroxyl groups is 2. The maximum atomic E-state index is 14.5. The smallest absolute Gasteiger partial charge is 0.207 e. The molecule has 35 heavy (non-hydrogen) atoms. The van der Waals surface area contributed by atoms with Gasteiger partial charge in [-0.1, -0.05) is 80.1 Å². The summed E-state index contributed by atoms with van der Waals surface area (Å²) in [7, 11) is -3.86. The van der Waals surface area contributed by atoms with Crippen molar-refractivity contribution in [2.45, 2.75) is 128 Å². The number of aryl methyl sites for hydroxylation is 2. The van der Waals surface area contributed by atoms with Crippen molar-refractivity contribution < 1.29 is 18.6 Å². The van der Waals surface area contributed by atoms with Gasteiger partial charge in [0.05, 0.1) is 9.79 Å². The Morgan fingerprint density at radius 1 is 0.514 bits per heavy atom. The second-order valence-electron chi connectivity index (χ2n) is 9.68. The molecular formula is C30H46O4S.